The summed E-state index contributed by atoms with van der Waals surface area (Å²) in [6.45, 7) is 4.26. The fourth-order valence-corrected chi connectivity index (χ4v) is 4.33. The number of ether oxygens (including phenoxy) is 3. The highest BCUT2D eigenvalue weighted by molar-refractivity contribution is 7.93. The molecule has 1 aromatic heterocycles. The third-order valence-corrected chi connectivity index (χ3v) is 6.40. The first-order chi connectivity index (χ1) is 15.3. The Hall–Kier alpha value is -3.53. The number of esters is 1. The van der Waals surface area contributed by atoms with Gasteiger partial charge < -0.3 is 18.7 Å². The monoisotopic (exact) mass is 460 g/mol. The molecule has 0 bridgehead atoms. The molecular weight excluding hydrogens is 436 g/mol. The molecule has 0 saturated carbocycles. The molecule has 0 fully saturated rings. The van der Waals surface area contributed by atoms with Crippen molar-refractivity contribution in [1.82, 2.24) is 5.16 Å². The fraction of sp³-hybridized carbons (Fsp3) is 0.273. The molecule has 0 unspecified atom stereocenters. The molecule has 9 nitrogen and oxygen atoms in total. The third kappa shape index (κ3) is 4.70. The van der Waals surface area contributed by atoms with Gasteiger partial charge in [-0.3, -0.25) is 4.31 Å². The number of nitrogens with zero attached hydrogens (tertiary/aromatic N) is 2. The summed E-state index contributed by atoms with van der Waals surface area (Å²) in [5, 5.41) is 3.70. The molecule has 170 valence electrons. The van der Waals surface area contributed by atoms with Crippen molar-refractivity contribution in [3.05, 3.63) is 54.2 Å². The van der Waals surface area contributed by atoms with E-state index in [1.807, 2.05) is 6.92 Å². The zero-order chi connectivity index (χ0) is 23.3. The van der Waals surface area contributed by atoms with Crippen LogP contribution in [0, 0.1) is 0 Å². The maximum absolute atomic E-state index is 13.4. The van der Waals surface area contributed by atoms with Crippen LogP contribution in [0.2, 0.25) is 0 Å². The van der Waals surface area contributed by atoms with Crippen LogP contribution in [-0.4, -0.2) is 46.9 Å². The van der Waals surface area contributed by atoms with E-state index in [2.05, 4.69) is 5.16 Å². The Labute approximate surface area is 186 Å². The van der Waals surface area contributed by atoms with Crippen molar-refractivity contribution in [1.29, 1.82) is 0 Å². The largest absolute Gasteiger partial charge is 0.495 e. The Morgan fingerprint density at radius 2 is 1.78 bits per heavy atom. The molecule has 0 saturated heterocycles. The van der Waals surface area contributed by atoms with Gasteiger partial charge in [-0.1, -0.05) is 5.16 Å². The quantitative estimate of drug-likeness (QED) is 0.444. The molecule has 10 heteroatoms. The number of anilines is 1. The van der Waals surface area contributed by atoms with Crippen molar-refractivity contribution < 1.29 is 31.9 Å². The van der Waals surface area contributed by atoms with E-state index >= 15 is 0 Å². The first-order valence-corrected chi connectivity index (χ1v) is 11.3. The van der Waals surface area contributed by atoms with Crippen LogP contribution in [0.1, 0.15) is 24.3 Å². The van der Waals surface area contributed by atoms with E-state index in [0.29, 0.717) is 23.6 Å². The molecule has 32 heavy (non-hydrogen) atoms. The van der Waals surface area contributed by atoms with Crippen LogP contribution in [0.4, 0.5) is 5.69 Å². The summed E-state index contributed by atoms with van der Waals surface area (Å²) < 4.78 is 48.8. The Morgan fingerprint density at radius 3 is 2.41 bits per heavy atom. The zero-order valence-electron chi connectivity index (χ0n) is 18.2. The zero-order valence-corrected chi connectivity index (χ0v) is 19.0. The first-order valence-electron chi connectivity index (χ1n) is 9.85. The smallest absolute Gasteiger partial charge is 0.360 e. The van der Waals surface area contributed by atoms with Gasteiger partial charge in [0.15, 0.2) is 11.5 Å². The molecule has 0 aliphatic rings. The number of benzene rings is 2. The number of hydrogen-bond donors (Lipinski definition) is 0. The number of aromatic nitrogens is 1. The molecule has 0 aliphatic carbocycles. The number of carbonyl (C=O) groups is 1. The lowest BCUT2D eigenvalue weighted by molar-refractivity contribution is 0.0514. The molecule has 0 amide bonds. The first kappa shape index (κ1) is 23.1. The van der Waals surface area contributed by atoms with Gasteiger partial charge in [0.1, 0.15) is 16.4 Å². The van der Waals surface area contributed by atoms with Crippen LogP contribution in [0.5, 0.6) is 11.5 Å². The van der Waals surface area contributed by atoms with Gasteiger partial charge in [0.05, 0.1) is 26.0 Å². The van der Waals surface area contributed by atoms with Gasteiger partial charge in [0.25, 0.3) is 10.0 Å². The SMILES string of the molecule is CCOC(=O)c1cc(-c2ccc(OC)c(S(=O)(=O)N(C)c3ccc(OCC)cc3)c2)on1. The van der Waals surface area contributed by atoms with Crippen LogP contribution in [0.3, 0.4) is 0 Å². The summed E-state index contributed by atoms with van der Waals surface area (Å²) in [5.41, 5.74) is 0.853. The number of methoxy groups -OCH3 is 1. The van der Waals surface area contributed by atoms with Gasteiger partial charge in [0.2, 0.25) is 0 Å². The molecule has 0 atom stereocenters. The number of sulfonamides is 1. The molecule has 0 spiro atoms. The third-order valence-electron chi connectivity index (χ3n) is 4.59. The van der Waals surface area contributed by atoms with E-state index in [0.717, 1.165) is 4.31 Å². The molecule has 3 rings (SSSR count). The number of hydrogen-bond acceptors (Lipinski definition) is 8. The van der Waals surface area contributed by atoms with Crippen LogP contribution in [-0.2, 0) is 14.8 Å². The topological polar surface area (TPSA) is 108 Å². The van der Waals surface area contributed by atoms with Crippen molar-refractivity contribution in [2.24, 2.45) is 0 Å². The van der Waals surface area contributed by atoms with Gasteiger partial charge in [-0.2, -0.15) is 0 Å². The van der Waals surface area contributed by atoms with Crippen molar-refractivity contribution in [3.8, 4) is 22.8 Å². The summed E-state index contributed by atoms with van der Waals surface area (Å²) in [4.78, 5) is 11.8. The van der Waals surface area contributed by atoms with Crippen LogP contribution in [0.15, 0.2) is 57.9 Å². The maximum Gasteiger partial charge on any atom is 0.360 e. The molecule has 1 heterocycles. The van der Waals surface area contributed by atoms with Gasteiger partial charge in [-0.15, -0.1) is 0 Å². The number of carbonyl (C=O) groups excluding carboxylic acids is 1. The Morgan fingerprint density at radius 1 is 1.06 bits per heavy atom. The summed E-state index contributed by atoms with van der Waals surface area (Å²) in [6.07, 6.45) is 0. The van der Waals surface area contributed by atoms with Crippen molar-refractivity contribution in [2.75, 3.05) is 31.7 Å². The van der Waals surface area contributed by atoms with E-state index in [1.165, 1.54) is 32.4 Å². The second-order valence-electron chi connectivity index (χ2n) is 6.56. The Kier molecular flexibility index (Phi) is 7.04. The average Bonchev–Trinajstić information content (AvgIpc) is 3.29. The number of rotatable bonds is 9. The average molecular weight is 461 g/mol. The normalized spacial score (nSPS) is 11.1. The van der Waals surface area contributed by atoms with E-state index in [4.69, 9.17) is 18.7 Å². The summed E-state index contributed by atoms with van der Waals surface area (Å²) in [5.74, 6) is 0.399. The van der Waals surface area contributed by atoms with Crippen molar-refractivity contribution in [3.63, 3.8) is 0 Å². The van der Waals surface area contributed by atoms with Crippen LogP contribution >= 0.6 is 0 Å². The standard InChI is InChI=1S/C22H24N2O7S/c1-5-29-17-10-8-16(9-11-17)24(3)32(26,27)21-13-15(7-12-19(21)28-4)20-14-18(23-31-20)22(25)30-6-2/h7-14H,5-6H2,1-4H3. The lowest BCUT2D eigenvalue weighted by Crippen LogP contribution is -2.27. The lowest BCUT2D eigenvalue weighted by atomic mass is 10.1. The van der Waals surface area contributed by atoms with Gasteiger partial charge >= 0.3 is 5.97 Å². The minimum atomic E-state index is -3.99. The lowest BCUT2D eigenvalue weighted by Gasteiger charge is -2.21. The summed E-state index contributed by atoms with van der Waals surface area (Å²) in [6, 6.07) is 12.6. The van der Waals surface area contributed by atoms with Crippen molar-refractivity contribution >= 4 is 21.7 Å². The molecule has 0 aliphatic heterocycles. The van der Waals surface area contributed by atoms with E-state index < -0.39 is 16.0 Å². The van der Waals surface area contributed by atoms with Crippen molar-refractivity contribution in [2.45, 2.75) is 18.7 Å². The van der Waals surface area contributed by atoms with Crippen LogP contribution in [0.25, 0.3) is 11.3 Å². The molecule has 0 radical (unpaired) electrons. The minimum absolute atomic E-state index is 0.00594. The molecule has 2 aromatic carbocycles. The summed E-state index contributed by atoms with van der Waals surface area (Å²) >= 11 is 0. The molecule has 0 N–H and O–H groups in total. The van der Waals surface area contributed by atoms with Gasteiger partial charge in [0, 0.05) is 18.7 Å². The second kappa shape index (κ2) is 9.73. The van der Waals surface area contributed by atoms with E-state index in [1.54, 1.807) is 37.3 Å². The minimum Gasteiger partial charge on any atom is -0.495 e. The van der Waals surface area contributed by atoms with E-state index in [9.17, 15) is 13.2 Å². The second-order valence-corrected chi connectivity index (χ2v) is 8.50. The van der Waals surface area contributed by atoms with Crippen LogP contribution < -0.4 is 13.8 Å². The summed E-state index contributed by atoms with van der Waals surface area (Å²) in [7, 11) is -1.16. The molecule has 3 aromatic rings. The van der Waals surface area contributed by atoms with Gasteiger partial charge in [-0.25, -0.2) is 13.2 Å². The maximum atomic E-state index is 13.4. The predicted octanol–water partition coefficient (Wildman–Crippen LogP) is 3.75. The molecular formula is C22H24N2O7S. The Bertz CT molecular complexity index is 1190. The Balaban J connectivity index is 1.98. The highest BCUT2D eigenvalue weighted by Gasteiger charge is 2.27. The van der Waals surface area contributed by atoms with Gasteiger partial charge in [-0.05, 0) is 56.3 Å². The highest BCUT2D eigenvalue weighted by atomic mass is 32.2. The fourth-order valence-electron chi connectivity index (χ4n) is 2.95. The highest BCUT2D eigenvalue weighted by Crippen LogP contribution is 2.34. The predicted molar refractivity (Wildman–Crippen MR) is 118 cm³/mol. The van der Waals surface area contributed by atoms with E-state index in [-0.39, 0.29) is 28.7 Å².